The summed E-state index contributed by atoms with van der Waals surface area (Å²) >= 11 is 0. The molecule has 0 N–H and O–H groups in total. The van der Waals surface area contributed by atoms with Crippen molar-refractivity contribution in [2.24, 2.45) is 0 Å². The Balaban J connectivity index is 0. The van der Waals surface area contributed by atoms with Crippen LogP contribution in [0.15, 0.2) is 12.2 Å². The largest absolute Gasteiger partial charge is 1.00 e. The Morgan fingerprint density at radius 2 is 1.93 bits per heavy atom. The summed E-state index contributed by atoms with van der Waals surface area (Å²) in [5.74, 6) is -0.483. The van der Waals surface area contributed by atoms with Crippen molar-refractivity contribution < 1.29 is 73.5 Å². The summed E-state index contributed by atoms with van der Waals surface area (Å²) in [7, 11) is -2.50. The molecule has 0 rings (SSSR count). The molecule has 0 atom stereocenters. The van der Waals surface area contributed by atoms with E-state index in [4.69, 9.17) is 0 Å². The van der Waals surface area contributed by atoms with Gasteiger partial charge in [-0.05, 0) is 6.92 Å². The molecule has 0 radical (unpaired) electrons. The molecule has 0 saturated carbocycles. The molecule has 0 unspecified atom stereocenters. The average Bonchev–Trinajstić information content (AvgIpc) is 2.02. The van der Waals surface area contributed by atoms with Gasteiger partial charge in [0.2, 0.25) is 0 Å². The van der Waals surface area contributed by atoms with Crippen molar-refractivity contribution in [2.45, 2.75) is 13.3 Å². The first-order valence-electron chi connectivity index (χ1n) is 3.59. The molecule has 5 nitrogen and oxygen atoms in total. The van der Waals surface area contributed by atoms with Gasteiger partial charge in [0.25, 0.3) is 0 Å². The molecule has 0 aromatic heterocycles. The second-order valence-corrected chi connectivity index (χ2v) is 2.94. The number of carbonyl (C=O) groups excluding carboxylic acids is 1. The normalized spacial score (nSPS) is 9.29. The van der Waals surface area contributed by atoms with Crippen LogP contribution in [0.2, 0.25) is 0 Å². The molecule has 0 aromatic carbocycles. The Labute approximate surface area is 127 Å². The third-order valence-corrected chi connectivity index (χ3v) is 1.41. The number of hydrogen-bond donors (Lipinski definition) is 0. The van der Waals surface area contributed by atoms with Crippen molar-refractivity contribution >= 4 is 17.0 Å². The fourth-order valence-corrected chi connectivity index (χ4v) is 0.728. The zero-order valence-electron chi connectivity index (χ0n) is 8.28. The van der Waals surface area contributed by atoms with E-state index in [0.717, 1.165) is 0 Å². The topological polar surface area (TPSA) is 69.7 Å². The third kappa shape index (κ3) is 10.8. The first kappa shape index (κ1) is 17.2. The number of rotatable bonds is 6. The maximum atomic E-state index is 10.8. The number of carbonyl (C=O) groups is 1. The van der Waals surface area contributed by atoms with Gasteiger partial charge in [0.15, 0.2) is 0 Å². The summed E-state index contributed by atoms with van der Waals surface area (Å²) in [6.07, 6.45) is 0.340. The van der Waals surface area contributed by atoms with E-state index >= 15 is 0 Å². The van der Waals surface area contributed by atoms with Crippen molar-refractivity contribution in [2.75, 3.05) is 13.2 Å². The van der Waals surface area contributed by atoms with E-state index in [1.165, 1.54) is 6.92 Å². The molecule has 0 spiro atoms. The smallest absolute Gasteiger partial charge is 0.462 e. The number of hydrogen-bond acceptors (Lipinski definition) is 6. The molecule has 0 bridgehead atoms. The second kappa shape index (κ2) is 10.3. The molecular weight excluding hydrogens is 235 g/mol. The minimum Gasteiger partial charge on any atom is -0.462 e. The van der Waals surface area contributed by atoms with Gasteiger partial charge in [-0.15, -0.1) is 0 Å². The average molecular weight is 246 g/mol. The zero-order chi connectivity index (χ0) is 10.3. The molecule has 0 aliphatic rings. The Morgan fingerprint density at radius 3 is 2.36 bits per heavy atom. The van der Waals surface area contributed by atoms with Gasteiger partial charge in [0, 0.05) is 18.6 Å². The Bertz CT molecular complexity index is 253. The van der Waals surface area contributed by atoms with Crippen LogP contribution in [0.1, 0.15) is 13.3 Å². The van der Waals surface area contributed by atoms with Crippen LogP contribution >= 0.6 is 0 Å². The summed E-state index contributed by atoms with van der Waals surface area (Å²) in [6, 6.07) is 0. The van der Waals surface area contributed by atoms with E-state index in [9.17, 15) is 13.2 Å². The first-order valence-corrected chi connectivity index (χ1v) is 4.59. The fraction of sp³-hybridized carbons (Fsp3) is 0.571. The predicted molar refractivity (Wildman–Crippen MR) is 45.1 cm³/mol. The van der Waals surface area contributed by atoms with Crippen molar-refractivity contribution in [1.29, 1.82) is 0 Å². The quantitative estimate of drug-likeness (QED) is 0.174. The maximum Gasteiger partial charge on any atom is 1.00 e. The van der Waals surface area contributed by atoms with Gasteiger partial charge < -0.3 is 17.3 Å². The summed E-state index contributed by atoms with van der Waals surface area (Å²) in [6.45, 7) is 5.05. The number of esters is 1. The van der Waals surface area contributed by atoms with Crippen molar-refractivity contribution in [3.63, 3.8) is 0 Å². The standard InChI is InChI=1S/C7H11O5S.K/c1-6(2)7(8)11-4-3-5-12-13(9)10;/h1,3-5H2,2H3;/q-1;+1. The molecule has 76 valence electrons. The Hall–Kier alpha value is 0.756. The SMILES string of the molecule is C=C(C)C(=O)OCCCO[S-](=O)=O.[K+]. The van der Waals surface area contributed by atoms with Crippen LogP contribution in [0.4, 0.5) is 0 Å². The minimum absolute atomic E-state index is 0. The van der Waals surface area contributed by atoms with Crippen LogP contribution in [0.25, 0.3) is 0 Å². The fourth-order valence-electron chi connectivity index (χ4n) is 0.474. The summed E-state index contributed by atoms with van der Waals surface area (Å²) in [4.78, 5) is 10.8. The summed E-state index contributed by atoms with van der Waals surface area (Å²) in [5, 5.41) is 0. The van der Waals surface area contributed by atoms with Crippen LogP contribution in [0.3, 0.4) is 0 Å². The third-order valence-electron chi connectivity index (χ3n) is 1.05. The first-order chi connectivity index (χ1) is 6.04. The van der Waals surface area contributed by atoms with Crippen LogP contribution in [-0.4, -0.2) is 19.2 Å². The van der Waals surface area contributed by atoms with Gasteiger partial charge in [0.1, 0.15) is 0 Å². The molecule has 0 aliphatic carbocycles. The van der Waals surface area contributed by atoms with E-state index in [1.807, 2.05) is 0 Å². The Morgan fingerprint density at radius 1 is 1.36 bits per heavy atom. The van der Waals surface area contributed by atoms with Crippen molar-refractivity contribution in [3.05, 3.63) is 12.2 Å². The van der Waals surface area contributed by atoms with E-state index < -0.39 is 17.0 Å². The zero-order valence-corrected chi connectivity index (χ0v) is 12.2. The summed E-state index contributed by atoms with van der Waals surface area (Å²) < 4.78 is 28.6. The van der Waals surface area contributed by atoms with E-state index in [0.29, 0.717) is 12.0 Å². The molecule has 0 heterocycles. The molecule has 0 amide bonds. The Kier molecular flexibility index (Phi) is 12.6. The minimum atomic E-state index is -2.50. The van der Waals surface area contributed by atoms with Gasteiger partial charge in [0.05, 0.1) is 17.6 Å². The van der Waals surface area contributed by atoms with E-state index in [2.05, 4.69) is 15.5 Å². The van der Waals surface area contributed by atoms with Crippen LogP contribution in [0, 0.1) is 0 Å². The molecule has 7 heteroatoms. The molecule has 0 aromatic rings. The predicted octanol–water partition coefficient (Wildman–Crippen LogP) is -2.26. The van der Waals surface area contributed by atoms with Gasteiger partial charge in [-0.1, -0.05) is 6.58 Å². The van der Waals surface area contributed by atoms with Crippen molar-refractivity contribution in [3.8, 4) is 0 Å². The summed E-state index contributed by atoms with van der Waals surface area (Å²) in [5.41, 5.74) is 0.313. The molecule has 0 aliphatic heterocycles. The second-order valence-electron chi connectivity index (χ2n) is 2.30. The molecule has 0 fully saturated rings. The van der Waals surface area contributed by atoms with Crippen LogP contribution in [-0.2, 0) is 33.1 Å². The molecule has 14 heavy (non-hydrogen) atoms. The van der Waals surface area contributed by atoms with Gasteiger partial charge >= 0.3 is 57.4 Å². The van der Waals surface area contributed by atoms with Crippen LogP contribution < -0.4 is 51.4 Å². The van der Waals surface area contributed by atoms with Gasteiger partial charge in [-0.3, -0.25) is 0 Å². The van der Waals surface area contributed by atoms with E-state index in [1.54, 1.807) is 0 Å². The van der Waals surface area contributed by atoms with Crippen molar-refractivity contribution in [1.82, 2.24) is 0 Å². The monoisotopic (exact) mass is 246 g/mol. The van der Waals surface area contributed by atoms with E-state index in [-0.39, 0.29) is 64.6 Å². The molecular formula is C7H11KO5S. The van der Waals surface area contributed by atoms with Gasteiger partial charge in [-0.2, -0.15) is 0 Å². The van der Waals surface area contributed by atoms with Gasteiger partial charge in [-0.25, -0.2) is 4.79 Å². The van der Waals surface area contributed by atoms with Crippen LogP contribution in [0.5, 0.6) is 0 Å². The number of ether oxygens (including phenoxy) is 1. The molecule has 0 saturated heterocycles. The maximum absolute atomic E-state index is 10.8.